The molecule has 5 heteroatoms. The Morgan fingerprint density at radius 1 is 1.33 bits per heavy atom. The number of rotatable bonds is 2. The topological polar surface area (TPSA) is 60.4 Å². The summed E-state index contributed by atoms with van der Waals surface area (Å²) in [5, 5.41) is -1.31. The van der Waals surface area contributed by atoms with E-state index in [0.717, 1.165) is 5.56 Å². The van der Waals surface area contributed by atoms with Gasteiger partial charge in [-0.2, -0.15) is 0 Å². The van der Waals surface area contributed by atoms with Crippen LogP contribution in [0.2, 0.25) is 0 Å². The van der Waals surface area contributed by atoms with E-state index in [1.54, 1.807) is 12.1 Å². The number of sulfone groups is 1. The lowest BCUT2D eigenvalue weighted by atomic mass is 10.2. The van der Waals surface area contributed by atoms with Crippen LogP contribution in [0.5, 0.6) is 0 Å². The van der Waals surface area contributed by atoms with Crippen molar-refractivity contribution in [1.82, 2.24) is 0 Å². The van der Waals surface area contributed by atoms with Crippen molar-refractivity contribution in [3.8, 4) is 0 Å². The predicted molar refractivity (Wildman–Crippen MR) is 65.8 cm³/mol. The molecule has 0 N–H and O–H groups in total. The zero-order valence-corrected chi connectivity index (χ0v) is 10.7. The minimum Gasteiger partial charge on any atom is -0.459 e. The maximum absolute atomic E-state index is 12.3. The lowest BCUT2D eigenvalue weighted by Gasteiger charge is -2.09. The van der Waals surface area contributed by atoms with Crippen LogP contribution in [0.15, 0.2) is 47.0 Å². The summed E-state index contributed by atoms with van der Waals surface area (Å²) in [4.78, 5) is 11.6. The molecule has 1 aliphatic rings. The molecule has 0 aromatic heterocycles. The van der Waals surface area contributed by atoms with Gasteiger partial charge in [0.25, 0.3) is 0 Å². The van der Waals surface area contributed by atoms with Crippen LogP contribution in [-0.2, 0) is 19.4 Å². The SMILES string of the molecule is C=C=C1COC(=O)C1S(=O)(=O)c1ccc(C)cc1. The average molecular weight is 264 g/mol. The van der Waals surface area contributed by atoms with Crippen molar-refractivity contribution >= 4 is 15.8 Å². The minimum absolute atomic E-state index is 0.0574. The number of cyclic esters (lactones) is 1. The number of carbonyl (C=O) groups excluding carboxylic acids is 1. The fourth-order valence-corrected chi connectivity index (χ4v) is 3.40. The zero-order valence-electron chi connectivity index (χ0n) is 9.84. The minimum atomic E-state index is -3.78. The second-order valence-electron chi connectivity index (χ2n) is 4.05. The Balaban J connectivity index is 2.52. The first-order valence-electron chi connectivity index (χ1n) is 5.33. The van der Waals surface area contributed by atoms with E-state index in [1.807, 2.05) is 6.92 Å². The van der Waals surface area contributed by atoms with Crippen LogP contribution in [0, 0.1) is 6.92 Å². The molecule has 1 aromatic carbocycles. The number of benzene rings is 1. The van der Waals surface area contributed by atoms with Gasteiger partial charge in [0, 0.05) is 5.57 Å². The van der Waals surface area contributed by atoms with Crippen molar-refractivity contribution < 1.29 is 17.9 Å². The Hall–Kier alpha value is -1.84. The summed E-state index contributed by atoms with van der Waals surface area (Å²) in [5.74, 6) is -0.762. The molecule has 1 saturated heterocycles. The van der Waals surface area contributed by atoms with Crippen LogP contribution in [0.1, 0.15) is 5.56 Å². The van der Waals surface area contributed by atoms with E-state index in [1.165, 1.54) is 12.1 Å². The Morgan fingerprint density at radius 2 is 1.94 bits per heavy atom. The van der Waals surface area contributed by atoms with Crippen LogP contribution in [-0.4, -0.2) is 26.2 Å². The maximum Gasteiger partial charge on any atom is 0.330 e. The Labute approximate surface area is 106 Å². The Bertz CT molecular complexity index is 634. The third-order valence-electron chi connectivity index (χ3n) is 2.79. The molecular formula is C13H12O4S. The summed E-state index contributed by atoms with van der Waals surface area (Å²) in [7, 11) is -3.78. The van der Waals surface area contributed by atoms with Crippen molar-refractivity contribution in [2.24, 2.45) is 0 Å². The highest BCUT2D eigenvalue weighted by atomic mass is 32.2. The van der Waals surface area contributed by atoms with Gasteiger partial charge in [0.15, 0.2) is 15.1 Å². The van der Waals surface area contributed by atoms with Crippen molar-refractivity contribution in [3.05, 3.63) is 47.7 Å². The molecule has 18 heavy (non-hydrogen) atoms. The van der Waals surface area contributed by atoms with E-state index in [4.69, 9.17) is 4.74 Å². The van der Waals surface area contributed by atoms with Gasteiger partial charge in [-0.1, -0.05) is 24.3 Å². The fraction of sp³-hybridized carbons (Fsp3) is 0.231. The zero-order chi connectivity index (χ0) is 13.3. The van der Waals surface area contributed by atoms with Gasteiger partial charge in [-0.15, -0.1) is 5.73 Å². The van der Waals surface area contributed by atoms with Gasteiger partial charge in [-0.05, 0) is 19.1 Å². The van der Waals surface area contributed by atoms with Crippen LogP contribution >= 0.6 is 0 Å². The molecule has 0 aliphatic carbocycles. The van der Waals surface area contributed by atoms with E-state index in [-0.39, 0.29) is 17.1 Å². The van der Waals surface area contributed by atoms with E-state index < -0.39 is 21.1 Å². The quantitative estimate of drug-likeness (QED) is 0.598. The van der Waals surface area contributed by atoms with Gasteiger partial charge in [-0.3, -0.25) is 4.79 Å². The summed E-state index contributed by atoms with van der Waals surface area (Å²) >= 11 is 0. The van der Waals surface area contributed by atoms with Gasteiger partial charge >= 0.3 is 5.97 Å². The van der Waals surface area contributed by atoms with E-state index in [0.29, 0.717) is 0 Å². The second-order valence-corrected chi connectivity index (χ2v) is 6.08. The van der Waals surface area contributed by atoms with E-state index in [9.17, 15) is 13.2 Å². The molecule has 94 valence electrons. The standard InChI is InChI=1S/C13H12O4S/c1-3-10-8-17-13(14)12(10)18(15,16)11-6-4-9(2)5-7-11/h4-7,12H,1,8H2,2H3. The van der Waals surface area contributed by atoms with Crippen molar-refractivity contribution in [2.45, 2.75) is 17.1 Å². The molecule has 4 nitrogen and oxygen atoms in total. The highest BCUT2D eigenvalue weighted by Gasteiger charge is 2.43. The van der Waals surface area contributed by atoms with Gasteiger partial charge in [-0.25, -0.2) is 8.42 Å². The van der Waals surface area contributed by atoms with Crippen LogP contribution < -0.4 is 0 Å². The molecule has 1 heterocycles. The number of aryl methyl sites for hydroxylation is 1. The van der Waals surface area contributed by atoms with Gasteiger partial charge in [0.05, 0.1) is 4.90 Å². The highest BCUT2D eigenvalue weighted by Crippen LogP contribution is 2.26. The first-order chi connectivity index (χ1) is 8.46. The smallest absolute Gasteiger partial charge is 0.330 e. The summed E-state index contributed by atoms with van der Waals surface area (Å²) in [6, 6.07) is 6.34. The van der Waals surface area contributed by atoms with Crippen LogP contribution in [0.4, 0.5) is 0 Å². The monoisotopic (exact) mass is 264 g/mol. The van der Waals surface area contributed by atoms with Gasteiger partial charge in [0.2, 0.25) is 0 Å². The molecule has 1 aromatic rings. The molecule has 0 amide bonds. The summed E-state index contributed by atoms with van der Waals surface area (Å²) in [6.45, 7) is 5.19. The number of hydrogen-bond donors (Lipinski definition) is 0. The summed E-state index contributed by atoms with van der Waals surface area (Å²) < 4.78 is 29.4. The van der Waals surface area contributed by atoms with Gasteiger partial charge in [0.1, 0.15) is 6.61 Å². The molecule has 0 saturated carbocycles. The molecule has 0 bridgehead atoms. The molecule has 1 aliphatic heterocycles. The highest BCUT2D eigenvalue weighted by molar-refractivity contribution is 7.93. The largest absolute Gasteiger partial charge is 0.459 e. The molecule has 0 spiro atoms. The van der Waals surface area contributed by atoms with Crippen LogP contribution in [0.25, 0.3) is 0 Å². The maximum atomic E-state index is 12.3. The van der Waals surface area contributed by atoms with E-state index in [2.05, 4.69) is 12.3 Å². The lowest BCUT2D eigenvalue weighted by Crippen LogP contribution is -2.27. The molecule has 0 radical (unpaired) electrons. The second kappa shape index (κ2) is 4.44. The van der Waals surface area contributed by atoms with Gasteiger partial charge < -0.3 is 4.74 Å². The van der Waals surface area contributed by atoms with E-state index >= 15 is 0 Å². The Morgan fingerprint density at radius 3 is 2.50 bits per heavy atom. The van der Waals surface area contributed by atoms with Crippen LogP contribution in [0.3, 0.4) is 0 Å². The molecular weight excluding hydrogens is 252 g/mol. The number of carbonyl (C=O) groups is 1. The molecule has 1 fully saturated rings. The number of hydrogen-bond acceptors (Lipinski definition) is 4. The predicted octanol–water partition coefficient (Wildman–Crippen LogP) is 1.41. The first kappa shape index (κ1) is 12.6. The van der Waals surface area contributed by atoms with Crippen molar-refractivity contribution in [3.63, 3.8) is 0 Å². The normalized spacial score (nSPS) is 19.5. The molecule has 1 atom stereocenters. The average Bonchev–Trinajstić information content (AvgIpc) is 2.71. The molecule has 1 unspecified atom stereocenters. The van der Waals surface area contributed by atoms with Crippen molar-refractivity contribution in [2.75, 3.05) is 6.61 Å². The summed E-state index contributed by atoms with van der Waals surface area (Å²) in [6.07, 6.45) is 0. The Kier molecular flexibility index (Phi) is 3.11. The third kappa shape index (κ3) is 1.98. The molecule has 2 rings (SSSR count). The fourth-order valence-electron chi connectivity index (χ4n) is 1.76. The van der Waals surface area contributed by atoms with Crippen molar-refractivity contribution in [1.29, 1.82) is 0 Å². The first-order valence-corrected chi connectivity index (χ1v) is 6.87. The third-order valence-corrected chi connectivity index (χ3v) is 4.81. The summed E-state index contributed by atoms with van der Waals surface area (Å²) in [5.41, 5.74) is 3.68. The lowest BCUT2D eigenvalue weighted by molar-refractivity contribution is -0.137. The number of ether oxygens (including phenoxy) is 1. The number of esters is 1.